The average Bonchev–Trinajstić information content (AvgIpc) is 2.56. The highest BCUT2D eigenvalue weighted by atomic mass is 16.7. The first-order valence-corrected chi connectivity index (χ1v) is 7.14. The van der Waals surface area contributed by atoms with Crippen LogP contribution in [0.15, 0.2) is 48.8 Å². The summed E-state index contributed by atoms with van der Waals surface area (Å²) in [5.74, 6) is -4.37. The lowest BCUT2D eigenvalue weighted by atomic mass is 9.97. The highest BCUT2D eigenvalue weighted by Crippen LogP contribution is 2.41. The summed E-state index contributed by atoms with van der Waals surface area (Å²) in [5.41, 5.74) is 0.275. The predicted molar refractivity (Wildman–Crippen MR) is 79.5 cm³/mol. The first-order valence-electron chi connectivity index (χ1n) is 7.14. The van der Waals surface area contributed by atoms with Gasteiger partial charge in [0.2, 0.25) is 0 Å². The Hall–Kier alpha value is -1.86. The molecule has 2 N–H and O–H groups in total. The highest BCUT2D eigenvalue weighted by molar-refractivity contribution is 5.21. The fraction of sp³-hybridized carbons (Fsp3) is 0.375. The fourth-order valence-electron chi connectivity index (χ4n) is 2.23. The maximum Gasteiger partial charge on any atom is 0.272 e. The van der Waals surface area contributed by atoms with Gasteiger partial charge in [-0.2, -0.15) is 0 Å². The van der Waals surface area contributed by atoms with Gasteiger partial charge in [0.05, 0.1) is 0 Å². The minimum atomic E-state index is -2.19. The van der Waals surface area contributed by atoms with Crippen molar-refractivity contribution in [2.24, 2.45) is 0 Å². The molecule has 6 heteroatoms. The van der Waals surface area contributed by atoms with E-state index in [4.69, 9.17) is 9.47 Å². The molecule has 0 aliphatic rings. The van der Waals surface area contributed by atoms with Gasteiger partial charge < -0.3 is 19.7 Å². The smallest absolute Gasteiger partial charge is 0.272 e. The second-order valence-corrected chi connectivity index (χ2v) is 4.58. The van der Waals surface area contributed by atoms with Crippen LogP contribution in [0, 0.1) is 0 Å². The third-order valence-electron chi connectivity index (χ3n) is 3.19. The Kier molecular flexibility index (Phi) is 5.20. The molecule has 0 amide bonds. The summed E-state index contributed by atoms with van der Waals surface area (Å²) in [6, 6.07) is 9.91. The van der Waals surface area contributed by atoms with Crippen LogP contribution in [0.25, 0.3) is 0 Å². The number of nitrogens with zero attached hydrogens (tertiary/aromatic N) is 2. The molecule has 0 bridgehead atoms. The molecule has 2 unspecified atom stereocenters. The molecule has 2 rings (SSSR count). The van der Waals surface area contributed by atoms with Gasteiger partial charge in [0.15, 0.2) is 0 Å². The van der Waals surface area contributed by atoms with Gasteiger partial charge in [-0.05, 0) is 38.1 Å². The molecule has 0 radical (unpaired) electrons. The Balaban J connectivity index is 2.60. The Labute approximate surface area is 129 Å². The second kappa shape index (κ2) is 6.93. The summed E-state index contributed by atoms with van der Waals surface area (Å²) < 4.78 is 10.9. The normalized spacial score (nSPS) is 16.7. The van der Waals surface area contributed by atoms with E-state index < -0.39 is 11.6 Å². The van der Waals surface area contributed by atoms with Gasteiger partial charge in [0.1, 0.15) is 11.4 Å². The summed E-state index contributed by atoms with van der Waals surface area (Å²) in [6.07, 6.45) is 3.01. The third-order valence-corrected chi connectivity index (χ3v) is 3.19. The Morgan fingerprint density at radius 2 is 1.23 bits per heavy atom. The van der Waals surface area contributed by atoms with Gasteiger partial charge in [-0.25, -0.2) is 0 Å². The molecule has 2 aromatic rings. The van der Waals surface area contributed by atoms with E-state index >= 15 is 0 Å². The molecular formula is C16H20N2O4. The number of hydrogen-bond donors (Lipinski definition) is 2. The number of aliphatic hydroxyl groups is 2. The van der Waals surface area contributed by atoms with E-state index in [1.165, 1.54) is 12.4 Å². The van der Waals surface area contributed by atoms with Crippen molar-refractivity contribution in [2.45, 2.75) is 25.4 Å². The van der Waals surface area contributed by atoms with Crippen LogP contribution in [0.4, 0.5) is 0 Å². The van der Waals surface area contributed by atoms with Crippen molar-refractivity contribution in [3.8, 4) is 0 Å². The van der Waals surface area contributed by atoms with Crippen molar-refractivity contribution >= 4 is 0 Å². The van der Waals surface area contributed by atoms with Crippen LogP contribution in [0.1, 0.15) is 25.2 Å². The van der Waals surface area contributed by atoms with E-state index in [0.29, 0.717) is 0 Å². The van der Waals surface area contributed by atoms with Gasteiger partial charge >= 0.3 is 0 Å². The summed E-state index contributed by atoms with van der Waals surface area (Å²) in [6.45, 7) is 3.71. The van der Waals surface area contributed by atoms with E-state index in [0.717, 1.165) is 0 Å². The highest BCUT2D eigenvalue weighted by Gasteiger charge is 2.56. The largest absolute Gasteiger partial charge is 0.356 e. The maximum absolute atomic E-state index is 11.1. The van der Waals surface area contributed by atoms with Crippen molar-refractivity contribution in [2.75, 3.05) is 13.2 Å². The molecule has 2 aromatic heterocycles. The van der Waals surface area contributed by atoms with Crippen molar-refractivity contribution in [1.82, 2.24) is 9.97 Å². The van der Waals surface area contributed by atoms with E-state index in [-0.39, 0.29) is 24.6 Å². The molecule has 0 saturated heterocycles. The van der Waals surface area contributed by atoms with Crippen LogP contribution in [0.5, 0.6) is 0 Å². The second-order valence-electron chi connectivity index (χ2n) is 4.58. The quantitative estimate of drug-likeness (QED) is 0.755. The molecule has 0 aromatic carbocycles. The molecule has 0 saturated carbocycles. The van der Waals surface area contributed by atoms with Crippen molar-refractivity contribution in [3.63, 3.8) is 0 Å². The molecule has 0 spiro atoms. The van der Waals surface area contributed by atoms with E-state index in [9.17, 15) is 10.2 Å². The van der Waals surface area contributed by atoms with Gasteiger partial charge in [-0.3, -0.25) is 9.97 Å². The van der Waals surface area contributed by atoms with Crippen LogP contribution in [-0.2, 0) is 21.0 Å². The minimum Gasteiger partial charge on any atom is -0.356 e. The molecule has 22 heavy (non-hydrogen) atoms. The summed E-state index contributed by atoms with van der Waals surface area (Å²) in [7, 11) is 0. The fourth-order valence-corrected chi connectivity index (χ4v) is 2.23. The van der Waals surface area contributed by atoms with Crippen LogP contribution in [-0.4, -0.2) is 33.4 Å². The molecule has 0 aliphatic carbocycles. The molecule has 2 heterocycles. The first kappa shape index (κ1) is 16.5. The number of ether oxygens (including phenoxy) is 2. The minimum absolute atomic E-state index is 0.137. The lowest BCUT2D eigenvalue weighted by Crippen LogP contribution is -2.54. The van der Waals surface area contributed by atoms with Crippen molar-refractivity contribution in [3.05, 3.63) is 60.2 Å². The molecule has 0 aliphatic heterocycles. The number of pyridine rings is 2. The molecular weight excluding hydrogens is 284 g/mol. The average molecular weight is 304 g/mol. The molecule has 6 nitrogen and oxygen atoms in total. The Morgan fingerprint density at radius 1 is 0.818 bits per heavy atom. The summed E-state index contributed by atoms with van der Waals surface area (Å²) >= 11 is 0. The van der Waals surface area contributed by atoms with Crippen LogP contribution >= 0.6 is 0 Å². The maximum atomic E-state index is 11.1. The Bertz CT molecular complexity index is 528. The molecule has 0 fully saturated rings. The first-order chi connectivity index (χ1) is 10.6. The van der Waals surface area contributed by atoms with Crippen LogP contribution in [0.3, 0.4) is 0 Å². The monoisotopic (exact) mass is 304 g/mol. The van der Waals surface area contributed by atoms with Crippen LogP contribution in [0.2, 0.25) is 0 Å². The zero-order valence-corrected chi connectivity index (χ0v) is 12.6. The predicted octanol–water partition coefficient (Wildman–Crippen LogP) is 1.54. The van der Waals surface area contributed by atoms with E-state index in [1.54, 1.807) is 50.2 Å². The SMILES string of the molecule is CCOC(O)(c1ccccn1)C(O)(OCC)c1ccccn1. The third kappa shape index (κ3) is 2.86. The van der Waals surface area contributed by atoms with E-state index in [1.807, 2.05) is 0 Å². The van der Waals surface area contributed by atoms with Gasteiger partial charge in [0.25, 0.3) is 11.6 Å². The van der Waals surface area contributed by atoms with Gasteiger partial charge in [0, 0.05) is 25.6 Å². The lowest BCUT2D eigenvalue weighted by molar-refractivity contribution is -0.405. The summed E-state index contributed by atoms with van der Waals surface area (Å²) in [5, 5.41) is 22.2. The van der Waals surface area contributed by atoms with Gasteiger partial charge in [-0.15, -0.1) is 0 Å². The Morgan fingerprint density at radius 3 is 1.50 bits per heavy atom. The van der Waals surface area contributed by atoms with Crippen LogP contribution < -0.4 is 0 Å². The zero-order valence-electron chi connectivity index (χ0n) is 12.6. The summed E-state index contributed by atoms with van der Waals surface area (Å²) in [4.78, 5) is 8.20. The number of rotatable bonds is 7. The number of aromatic nitrogens is 2. The van der Waals surface area contributed by atoms with Crippen molar-refractivity contribution in [1.29, 1.82) is 0 Å². The molecule has 118 valence electrons. The zero-order chi connectivity index (χ0) is 16.1. The molecule has 2 atom stereocenters. The van der Waals surface area contributed by atoms with Gasteiger partial charge in [-0.1, -0.05) is 12.1 Å². The standard InChI is InChI=1S/C16H20N2O4/c1-3-21-15(19,13-9-5-7-11-17-13)16(20,22-4-2)14-10-6-8-12-18-14/h5-12,19-20H,3-4H2,1-2H3. The lowest BCUT2D eigenvalue weighted by Gasteiger charge is -2.40. The van der Waals surface area contributed by atoms with E-state index in [2.05, 4.69) is 9.97 Å². The van der Waals surface area contributed by atoms with Crippen molar-refractivity contribution < 1.29 is 19.7 Å². The topological polar surface area (TPSA) is 84.7 Å². The number of hydrogen-bond acceptors (Lipinski definition) is 6.